The molecule has 0 aromatic heterocycles. The van der Waals surface area contributed by atoms with Gasteiger partial charge < -0.3 is 10.1 Å². The van der Waals surface area contributed by atoms with Crippen LogP contribution in [0.2, 0.25) is 0 Å². The molecule has 1 saturated heterocycles. The number of carbonyl (C=O) groups is 1. The van der Waals surface area contributed by atoms with Crippen LogP contribution in [0.3, 0.4) is 0 Å². The van der Waals surface area contributed by atoms with E-state index in [2.05, 4.69) is 10.2 Å². The molecule has 2 aromatic carbocycles. The second-order valence-corrected chi connectivity index (χ2v) is 6.75. The largest absolute Gasteiger partial charge is 0.416 e. The van der Waals surface area contributed by atoms with E-state index >= 15 is 0 Å². The summed E-state index contributed by atoms with van der Waals surface area (Å²) in [5.41, 5.74) is 0.687. The number of amides is 1. The normalized spacial score (nSPS) is 16.5. The number of hydrogen-bond donors (Lipinski definition) is 1. The van der Waals surface area contributed by atoms with Gasteiger partial charge in [-0.3, -0.25) is 9.69 Å². The van der Waals surface area contributed by atoms with Crippen LogP contribution in [0.4, 0.5) is 13.2 Å². The highest BCUT2D eigenvalue weighted by Gasteiger charge is 2.30. The van der Waals surface area contributed by atoms with Gasteiger partial charge in [0.2, 0.25) is 5.91 Å². The maximum atomic E-state index is 12.8. The maximum absolute atomic E-state index is 12.8. The van der Waals surface area contributed by atoms with Gasteiger partial charge in [-0.1, -0.05) is 48.5 Å². The Balaban J connectivity index is 1.64. The fourth-order valence-electron chi connectivity index (χ4n) is 3.34. The quantitative estimate of drug-likeness (QED) is 0.819. The number of rotatable bonds is 6. The molecule has 0 saturated carbocycles. The summed E-state index contributed by atoms with van der Waals surface area (Å²) in [6.07, 6.45) is -4.50. The van der Waals surface area contributed by atoms with Crippen LogP contribution in [0, 0.1) is 0 Å². The zero-order valence-corrected chi connectivity index (χ0v) is 15.4. The molecule has 1 atom stereocenters. The molecule has 150 valence electrons. The Labute approximate surface area is 162 Å². The Kier molecular flexibility index (Phi) is 6.70. The van der Waals surface area contributed by atoms with Crippen molar-refractivity contribution in [1.29, 1.82) is 0 Å². The van der Waals surface area contributed by atoms with Crippen molar-refractivity contribution in [3.8, 4) is 0 Å². The smallest absolute Gasteiger partial charge is 0.379 e. The summed E-state index contributed by atoms with van der Waals surface area (Å²) < 4.78 is 43.9. The summed E-state index contributed by atoms with van der Waals surface area (Å²) in [5, 5.41) is 2.88. The minimum atomic E-state index is -4.42. The van der Waals surface area contributed by atoms with Crippen LogP contribution in [-0.4, -0.2) is 43.7 Å². The fraction of sp³-hybridized carbons (Fsp3) is 0.381. The first-order valence-electron chi connectivity index (χ1n) is 9.23. The van der Waals surface area contributed by atoms with Gasteiger partial charge in [0.25, 0.3) is 0 Å². The summed E-state index contributed by atoms with van der Waals surface area (Å²) >= 11 is 0. The first-order valence-corrected chi connectivity index (χ1v) is 9.23. The minimum Gasteiger partial charge on any atom is -0.379 e. The van der Waals surface area contributed by atoms with Crippen molar-refractivity contribution < 1.29 is 22.7 Å². The van der Waals surface area contributed by atoms with Crippen LogP contribution in [0.25, 0.3) is 0 Å². The number of morpholine rings is 1. The van der Waals surface area contributed by atoms with E-state index in [9.17, 15) is 18.0 Å². The molecule has 0 bridgehead atoms. The second kappa shape index (κ2) is 9.21. The lowest BCUT2D eigenvalue weighted by atomic mass is 10.0. The average molecular weight is 392 g/mol. The number of nitrogens with zero attached hydrogens (tertiary/aromatic N) is 1. The Morgan fingerprint density at radius 1 is 1.07 bits per heavy atom. The number of benzene rings is 2. The topological polar surface area (TPSA) is 41.6 Å². The predicted octanol–water partition coefficient (Wildman–Crippen LogP) is 3.44. The van der Waals surface area contributed by atoms with Crippen molar-refractivity contribution >= 4 is 5.91 Å². The lowest BCUT2D eigenvalue weighted by Crippen LogP contribution is -2.44. The van der Waals surface area contributed by atoms with E-state index in [-0.39, 0.29) is 18.4 Å². The zero-order valence-electron chi connectivity index (χ0n) is 15.4. The van der Waals surface area contributed by atoms with Gasteiger partial charge in [-0.25, -0.2) is 0 Å². The van der Waals surface area contributed by atoms with Gasteiger partial charge >= 0.3 is 6.18 Å². The van der Waals surface area contributed by atoms with Crippen LogP contribution >= 0.6 is 0 Å². The summed E-state index contributed by atoms with van der Waals surface area (Å²) in [6, 6.07) is 14.7. The SMILES string of the molecule is O=C(Cc1cccc(C(F)(F)F)c1)NC[C@@H](c1ccccc1)N1CCOCC1. The minimum absolute atomic E-state index is 0.00411. The third kappa shape index (κ3) is 5.56. The number of alkyl halides is 3. The standard InChI is InChI=1S/C21H23F3N2O2/c22-21(23,24)18-8-4-5-16(13-18)14-20(27)25-15-19(17-6-2-1-3-7-17)26-9-11-28-12-10-26/h1-8,13,19H,9-12,14-15H2,(H,25,27)/t19-/m0/s1. The van der Waals surface area contributed by atoms with Crippen molar-refractivity contribution in [2.75, 3.05) is 32.8 Å². The number of halogens is 3. The number of ether oxygens (including phenoxy) is 1. The van der Waals surface area contributed by atoms with Crippen molar-refractivity contribution in [3.63, 3.8) is 0 Å². The Hall–Kier alpha value is -2.38. The summed E-state index contributed by atoms with van der Waals surface area (Å²) in [5.74, 6) is -0.298. The average Bonchev–Trinajstić information content (AvgIpc) is 2.69. The van der Waals surface area contributed by atoms with E-state index in [1.807, 2.05) is 30.3 Å². The first kappa shape index (κ1) is 20.4. The molecule has 0 spiro atoms. The van der Waals surface area contributed by atoms with Crippen LogP contribution in [0.1, 0.15) is 22.7 Å². The van der Waals surface area contributed by atoms with Crippen LogP contribution in [0.15, 0.2) is 54.6 Å². The Morgan fingerprint density at radius 3 is 2.46 bits per heavy atom. The van der Waals surface area contributed by atoms with Gasteiger partial charge in [-0.2, -0.15) is 13.2 Å². The molecule has 7 heteroatoms. The van der Waals surface area contributed by atoms with Gasteiger partial charge in [0, 0.05) is 19.6 Å². The second-order valence-electron chi connectivity index (χ2n) is 6.75. The van der Waals surface area contributed by atoms with Gasteiger partial charge in [0.1, 0.15) is 0 Å². The molecule has 2 aromatic rings. The predicted molar refractivity (Wildman–Crippen MR) is 99.7 cm³/mol. The Bertz CT molecular complexity index is 775. The molecular formula is C21H23F3N2O2. The molecule has 1 aliphatic heterocycles. The van der Waals surface area contributed by atoms with Crippen molar-refractivity contribution in [2.45, 2.75) is 18.6 Å². The molecule has 0 radical (unpaired) electrons. The number of hydrogen-bond acceptors (Lipinski definition) is 3. The molecule has 0 unspecified atom stereocenters. The molecule has 1 heterocycles. The number of nitrogens with one attached hydrogen (secondary N) is 1. The fourth-order valence-corrected chi connectivity index (χ4v) is 3.34. The van der Waals surface area contributed by atoms with Gasteiger partial charge in [-0.15, -0.1) is 0 Å². The Morgan fingerprint density at radius 2 is 1.79 bits per heavy atom. The molecule has 1 fully saturated rings. The molecule has 1 aliphatic rings. The van der Waals surface area contributed by atoms with E-state index in [0.29, 0.717) is 25.3 Å². The van der Waals surface area contributed by atoms with E-state index in [0.717, 1.165) is 30.8 Å². The van der Waals surface area contributed by atoms with Crippen LogP contribution < -0.4 is 5.32 Å². The van der Waals surface area contributed by atoms with E-state index < -0.39 is 11.7 Å². The monoisotopic (exact) mass is 392 g/mol. The molecule has 1 amide bonds. The number of carbonyl (C=O) groups excluding carboxylic acids is 1. The van der Waals surface area contributed by atoms with Gasteiger partial charge in [0.15, 0.2) is 0 Å². The summed E-state index contributed by atoms with van der Waals surface area (Å²) in [6.45, 7) is 3.21. The highest BCUT2D eigenvalue weighted by Crippen LogP contribution is 2.29. The van der Waals surface area contributed by atoms with Gasteiger partial charge in [-0.05, 0) is 17.2 Å². The van der Waals surface area contributed by atoms with Crippen molar-refractivity contribution in [1.82, 2.24) is 10.2 Å². The summed E-state index contributed by atoms with van der Waals surface area (Å²) in [7, 11) is 0. The molecule has 3 rings (SSSR count). The third-order valence-electron chi connectivity index (χ3n) is 4.78. The molecule has 0 aliphatic carbocycles. The lowest BCUT2D eigenvalue weighted by molar-refractivity contribution is -0.137. The van der Waals surface area contributed by atoms with E-state index in [4.69, 9.17) is 4.74 Å². The first-order chi connectivity index (χ1) is 13.4. The van der Waals surface area contributed by atoms with E-state index in [1.54, 1.807) is 0 Å². The lowest BCUT2D eigenvalue weighted by Gasteiger charge is -2.35. The summed E-state index contributed by atoms with van der Waals surface area (Å²) in [4.78, 5) is 14.6. The molecule has 1 N–H and O–H groups in total. The third-order valence-corrected chi connectivity index (χ3v) is 4.78. The maximum Gasteiger partial charge on any atom is 0.416 e. The molecule has 28 heavy (non-hydrogen) atoms. The molecule has 4 nitrogen and oxygen atoms in total. The van der Waals surface area contributed by atoms with Crippen molar-refractivity contribution in [3.05, 3.63) is 71.3 Å². The van der Waals surface area contributed by atoms with Crippen LogP contribution in [0.5, 0.6) is 0 Å². The highest BCUT2D eigenvalue weighted by molar-refractivity contribution is 5.78. The molecular weight excluding hydrogens is 369 g/mol. The van der Waals surface area contributed by atoms with Crippen LogP contribution in [-0.2, 0) is 22.1 Å². The van der Waals surface area contributed by atoms with Gasteiger partial charge in [0.05, 0.1) is 31.2 Å². The van der Waals surface area contributed by atoms with Crippen molar-refractivity contribution in [2.24, 2.45) is 0 Å². The van der Waals surface area contributed by atoms with E-state index in [1.165, 1.54) is 12.1 Å². The zero-order chi connectivity index (χ0) is 20.0. The highest BCUT2D eigenvalue weighted by atomic mass is 19.4.